The largest absolute Gasteiger partial charge is 0.394 e. The normalized spacial score (nSPS) is 49.1. The number of aliphatic hydroxyl groups excluding tert-OH is 20. The van der Waals surface area contributed by atoms with Gasteiger partial charge in [0.2, 0.25) is 0 Å². The van der Waals surface area contributed by atoms with Crippen molar-refractivity contribution in [1.82, 2.24) is 0 Å². The highest BCUT2D eigenvalue weighted by molar-refractivity contribution is 7.68. The molecule has 20 N–H and O–H groups in total. The average Bonchev–Trinajstić information content (AvgIpc) is 0.878. The van der Waals surface area contributed by atoms with Crippen LogP contribution in [0.25, 0.3) is 0 Å². The predicted molar refractivity (Wildman–Crippen MR) is 286 cm³/mol. The summed E-state index contributed by atoms with van der Waals surface area (Å²) < 4.78 is 88.6. The van der Waals surface area contributed by atoms with Crippen LogP contribution in [-0.4, -0.2) is 363 Å². The van der Waals surface area contributed by atoms with Crippen LogP contribution in [0.1, 0.15) is 0 Å². The summed E-state index contributed by atoms with van der Waals surface area (Å²) in [7, 11) is -1.74. The van der Waals surface area contributed by atoms with E-state index in [1.54, 1.807) is 60.7 Å². The van der Waals surface area contributed by atoms with Gasteiger partial charge in [0.1, 0.15) is 171 Å². The molecule has 14 bridgehead atoms. The van der Waals surface area contributed by atoms with Crippen LogP contribution in [0.3, 0.4) is 0 Å². The SMILES string of the molecule is OC[C@H]1O[C@@H]2O[C@H]3[C@H](O)[C@@H](O)[C@@H](O[C@H]4[C@H](O)[C@@H](O)[C@@H](O[C@H]5[C@@H](O)[C@H](O)[C@@H](O[C@H]6[C@@H](O)[C@H](O)[C@@H](O[C@H]7[C@@H](O)[C@H](O)[C@@H](O[C@H]8[C@H](O)[C@@H](O)[C@@H](O[C@H]1[C@H](O)[C@H]2O)O[C@@H]8COP(c1ccccc1)c1ccccc1)O[C@@H]7CO)O[C@@H]6CO)O[C@@H]5CO)O[C@@H]4CO)O[C@@H]3CO. The molecule has 0 aliphatic carbocycles. The highest BCUT2D eigenvalue weighted by Gasteiger charge is 2.60. The second-order valence-electron chi connectivity index (χ2n) is 22.7. The minimum absolute atomic E-state index is 0.551. The highest BCUT2D eigenvalue weighted by atomic mass is 31.1. The first-order valence-corrected chi connectivity index (χ1v) is 30.3. The van der Waals surface area contributed by atoms with Gasteiger partial charge in [0, 0.05) is 10.6 Å². The molecule has 2 aromatic carbocycles. The third-order valence-corrected chi connectivity index (χ3v) is 18.9. The molecule has 35 atom stereocenters. The molecule has 36 heteroatoms. The van der Waals surface area contributed by atoms with Crippen molar-refractivity contribution in [2.75, 3.05) is 46.2 Å². The molecule has 510 valence electrons. The van der Waals surface area contributed by atoms with E-state index in [0.717, 1.165) is 0 Å². The molecule has 21 fully saturated rings. The van der Waals surface area contributed by atoms with Crippen LogP contribution >= 0.6 is 8.15 Å². The molecule has 0 spiro atoms. The quantitative estimate of drug-likeness (QED) is 0.0929. The van der Waals surface area contributed by atoms with Crippen molar-refractivity contribution in [3.8, 4) is 0 Å². The lowest BCUT2D eigenvalue weighted by Crippen LogP contribution is -2.68. The van der Waals surface area contributed by atoms with Crippen molar-refractivity contribution in [1.29, 1.82) is 0 Å². The topological polar surface area (TPSA) is 543 Å². The van der Waals surface area contributed by atoms with Gasteiger partial charge in [-0.15, -0.1) is 0 Å². The summed E-state index contributed by atoms with van der Waals surface area (Å²) in [5.74, 6) is 0. The van der Waals surface area contributed by atoms with Gasteiger partial charge in [0.05, 0.1) is 54.4 Å². The summed E-state index contributed by atoms with van der Waals surface area (Å²) in [5.41, 5.74) is 0. The Morgan fingerprint density at radius 1 is 0.244 bits per heavy atom. The van der Waals surface area contributed by atoms with Crippen LogP contribution < -0.4 is 10.6 Å². The molecule has 0 amide bonds. The third kappa shape index (κ3) is 14.3. The molecule has 23 rings (SSSR count). The highest BCUT2D eigenvalue weighted by Crippen LogP contribution is 2.41. The molecule has 0 radical (unpaired) electrons. The van der Waals surface area contributed by atoms with Gasteiger partial charge in [-0.25, -0.2) is 0 Å². The zero-order valence-corrected chi connectivity index (χ0v) is 48.3. The zero-order chi connectivity index (χ0) is 64.6. The first kappa shape index (κ1) is 70.3. The second-order valence-corrected chi connectivity index (χ2v) is 24.6. The number of benzene rings is 2. The molecule has 21 heterocycles. The molecular weight excluding hydrogens is 1240 g/mol. The standard InChI is InChI=1S/C54H79O35P/c55-11-20-41-28(62)35(69)49(77-20)85-43-22(13-57)79-51(37(71)30(43)64)87-45-24(15-59)81-53(39(73)32(45)66)89-47-26(17-75-90(18-7-3-1-4-8-18)19-9-5-2-6-10-19)82-54(40(74)33(47)67)88-46-25(16-60)80-52(38(72)31(46)65)86-44-23(14-58)78-50(36(70)29(44)63)84-42-21(12-56)76-48(83-41)34(68)27(42)61/h1-10,20-74H,11-17H2/t20-,21-,22-,23-,24-,25-,26-,27-,28+,29-,30+,31-,32+,33-,34-,35+,36-,37+,38-,39+,40-,41-,42-,43-,44-,45-,46-,47-,48-,49-,50-,51-,52-,53-,54-/m1/s1. The van der Waals surface area contributed by atoms with E-state index in [4.69, 9.17) is 70.8 Å². The Hall–Kier alpha value is -2.53. The lowest BCUT2D eigenvalue weighted by Gasteiger charge is -2.50. The molecule has 90 heavy (non-hydrogen) atoms. The summed E-state index contributed by atoms with van der Waals surface area (Å²) in [6.07, 6.45) is -70.4. The molecule has 0 aromatic heterocycles. The number of aliphatic hydroxyl groups is 20. The Bertz CT molecular complexity index is 2450. The maximum Gasteiger partial charge on any atom is 0.187 e. The van der Waals surface area contributed by atoms with Gasteiger partial charge in [0.15, 0.2) is 44.0 Å². The Morgan fingerprint density at radius 3 is 0.611 bits per heavy atom. The van der Waals surface area contributed by atoms with E-state index in [1.807, 2.05) is 0 Å². The molecule has 0 saturated carbocycles. The van der Waals surface area contributed by atoms with Gasteiger partial charge in [-0.1, -0.05) is 60.7 Å². The van der Waals surface area contributed by atoms with E-state index in [0.29, 0.717) is 10.6 Å². The predicted octanol–water partition coefficient (Wildman–Crippen LogP) is -12.2. The van der Waals surface area contributed by atoms with Gasteiger partial charge in [-0.3, -0.25) is 0 Å². The smallest absolute Gasteiger partial charge is 0.187 e. The van der Waals surface area contributed by atoms with Gasteiger partial charge >= 0.3 is 0 Å². The monoisotopic (exact) mass is 1320 g/mol. The van der Waals surface area contributed by atoms with Crippen molar-refractivity contribution in [3.63, 3.8) is 0 Å². The maximum atomic E-state index is 12.0. The molecule has 21 saturated heterocycles. The number of rotatable bonds is 11. The van der Waals surface area contributed by atoms with Crippen LogP contribution in [-0.2, 0) is 70.8 Å². The molecule has 21 aliphatic heterocycles. The molecule has 21 aliphatic rings. The minimum atomic E-state index is -2.22. The maximum absolute atomic E-state index is 12.0. The summed E-state index contributed by atoms with van der Waals surface area (Å²) >= 11 is 0. The third-order valence-electron chi connectivity index (χ3n) is 17.0. The van der Waals surface area contributed by atoms with Crippen LogP contribution in [0.2, 0.25) is 0 Å². The van der Waals surface area contributed by atoms with E-state index >= 15 is 0 Å². The van der Waals surface area contributed by atoms with Crippen LogP contribution in [0, 0.1) is 0 Å². The molecule has 2 aromatic rings. The van der Waals surface area contributed by atoms with Gasteiger partial charge in [-0.05, 0) is 0 Å². The Labute approximate surface area is 512 Å². The van der Waals surface area contributed by atoms with Gasteiger partial charge < -0.3 is 173 Å². The fourth-order valence-corrected chi connectivity index (χ4v) is 13.8. The van der Waals surface area contributed by atoms with E-state index in [1.165, 1.54) is 0 Å². The summed E-state index contributed by atoms with van der Waals surface area (Å²) in [6.45, 7) is -6.84. The summed E-state index contributed by atoms with van der Waals surface area (Å²) in [4.78, 5) is 0. The Kier molecular flexibility index (Phi) is 24.0. The van der Waals surface area contributed by atoms with E-state index < -0.39 is 269 Å². The molecular formula is C54H79O35P. The number of ether oxygens (including phenoxy) is 14. The van der Waals surface area contributed by atoms with E-state index in [9.17, 15) is 102 Å². The lowest BCUT2D eigenvalue weighted by atomic mass is 9.95. The number of hydrogen-bond acceptors (Lipinski definition) is 35. The van der Waals surface area contributed by atoms with Crippen molar-refractivity contribution in [2.45, 2.75) is 215 Å². The fourth-order valence-electron chi connectivity index (χ4n) is 12.0. The van der Waals surface area contributed by atoms with E-state index in [2.05, 4.69) is 0 Å². The fraction of sp³-hybridized carbons (Fsp3) is 0.778. The summed E-state index contributed by atoms with van der Waals surface area (Å²) in [5, 5.41) is 227. The van der Waals surface area contributed by atoms with Crippen LogP contribution in [0.5, 0.6) is 0 Å². The van der Waals surface area contributed by atoms with Crippen molar-refractivity contribution < 1.29 is 173 Å². The Balaban J connectivity index is 0.961. The first-order valence-electron chi connectivity index (χ1n) is 29.0. The average molecular weight is 1320 g/mol. The van der Waals surface area contributed by atoms with Gasteiger partial charge in [-0.2, -0.15) is 0 Å². The zero-order valence-electron chi connectivity index (χ0n) is 47.4. The number of hydrogen-bond donors (Lipinski definition) is 20. The Morgan fingerprint density at radius 2 is 0.422 bits per heavy atom. The molecule has 0 unspecified atom stereocenters. The van der Waals surface area contributed by atoms with Crippen molar-refractivity contribution in [3.05, 3.63) is 60.7 Å². The van der Waals surface area contributed by atoms with Crippen molar-refractivity contribution >= 4 is 18.8 Å². The van der Waals surface area contributed by atoms with E-state index in [-0.39, 0.29) is 0 Å². The van der Waals surface area contributed by atoms with Gasteiger partial charge in [0.25, 0.3) is 0 Å². The van der Waals surface area contributed by atoms with Crippen molar-refractivity contribution in [2.24, 2.45) is 0 Å². The summed E-state index contributed by atoms with van der Waals surface area (Å²) in [6, 6.07) is 17.7. The lowest BCUT2D eigenvalue weighted by molar-refractivity contribution is -0.396. The second kappa shape index (κ2) is 30.7. The first-order chi connectivity index (χ1) is 43.2. The van der Waals surface area contributed by atoms with Crippen LogP contribution in [0.15, 0.2) is 60.7 Å². The minimum Gasteiger partial charge on any atom is -0.394 e. The van der Waals surface area contributed by atoms with Crippen LogP contribution in [0.4, 0.5) is 0 Å². The molecule has 35 nitrogen and oxygen atoms in total.